The second kappa shape index (κ2) is 8.21. The lowest BCUT2D eigenvalue weighted by Crippen LogP contribution is -2.39. The van der Waals surface area contributed by atoms with Crippen molar-refractivity contribution >= 4 is 29.4 Å². The fourth-order valence-corrected chi connectivity index (χ4v) is 3.73. The Morgan fingerprint density at radius 1 is 1.21 bits per heavy atom. The molecule has 8 heteroatoms. The topological polar surface area (TPSA) is 117 Å². The number of fused-ring (bicyclic) bond motifs is 1. The van der Waals surface area contributed by atoms with Crippen LogP contribution >= 0.6 is 0 Å². The highest BCUT2D eigenvalue weighted by molar-refractivity contribution is 6.07. The lowest BCUT2D eigenvalue weighted by molar-refractivity contribution is -0.158. The summed E-state index contributed by atoms with van der Waals surface area (Å²) < 4.78 is 5.09. The van der Waals surface area contributed by atoms with Gasteiger partial charge in [0.1, 0.15) is 12.6 Å². The summed E-state index contributed by atoms with van der Waals surface area (Å²) in [7, 11) is 0. The number of para-hydroxylation sites is 1. The summed E-state index contributed by atoms with van der Waals surface area (Å²) in [5.74, 6) is -2.76. The van der Waals surface area contributed by atoms with E-state index in [1.807, 2.05) is 6.07 Å². The number of carbonyl (C=O) groups excluding carboxylic acids is 4. The molecule has 1 aliphatic carbocycles. The fourth-order valence-electron chi connectivity index (χ4n) is 3.73. The van der Waals surface area contributed by atoms with Crippen LogP contribution in [0, 0.1) is 23.2 Å². The summed E-state index contributed by atoms with van der Waals surface area (Å²) in [6.07, 6.45) is 1.99. The third-order valence-corrected chi connectivity index (χ3v) is 5.20. The van der Waals surface area contributed by atoms with Crippen LogP contribution in [0.1, 0.15) is 38.2 Å². The van der Waals surface area contributed by atoms with Crippen molar-refractivity contribution < 1.29 is 23.9 Å². The SMILES string of the molecule is C[C@@H](OC(=O)CN1C(=O)[C@H]2CCCC[C@@H]2C1=O)C(=O)Nc1ccccc1C#N. The first kappa shape index (κ1) is 19.5. The van der Waals surface area contributed by atoms with E-state index in [9.17, 15) is 19.2 Å². The minimum absolute atomic E-state index is 0.283. The van der Waals surface area contributed by atoms with Gasteiger partial charge in [-0.15, -0.1) is 0 Å². The maximum atomic E-state index is 12.4. The van der Waals surface area contributed by atoms with Crippen molar-refractivity contribution in [2.45, 2.75) is 38.7 Å². The van der Waals surface area contributed by atoms with Crippen molar-refractivity contribution in [1.29, 1.82) is 5.26 Å². The molecule has 3 amide bonds. The number of nitrogens with zero attached hydrogens (tertiary/aromatic N) is 2. The number of imide groups is 1. The fraction of sp³-hybridized carbons (Fsp3) is 0.450. The predicted molar refractivity (Wildman–Crippen MR) is 97.5 cm³/mol. The number of nitriles is 1. The number of ether oxygens (including phenoxy) is 1. The zero-order valence-corrected chi connectivity index (χ0v) is 15.5. The van der Waals surface area contributed by atoms with Gasteiger partial charge in [0.25, 0.3) is 5.91 Å². The molecule has 28 heavy (non-hydrogen) atoms. The summed E-state index contributed by atoms with van der Waals surface area (Å²) in [6.45, 7) is 0.896. The summed E-state index contributed by atoms with van der Waals surface area (Å²) in [5.41, 5.74) is 0.595. The average Bonchev–Trinajstić information content (AvgIpc) is 2.93. The molecule has 0 spiro atoms. The first-order valence-corrected chi connectivity index (χ1v) is 9.27. The number of hydrogen-bond donors (Lipinski definition) is 1. The Morgan fingerprint density at radius 2 is 1.82 bits per heavy atom. The lowest BCUT2D eigenvalue weighted by atomic mass is 9.81. The molecule has 8 nitrogen and oxygen atoms in total. The Morgan fingerprint density at radius 3 is 2.43 bits per heavy atom. The van der Waals surface area contributed by atoms with Crippen LogP contribution in [0.2, 0.25) is 0 Å². The van der Waals surface area contributed by atoms with Crippen LogP contribution in [0.5, 0.6) is 0 Å². The van der Waals surface area contributed by atoms with Crippen molar-refractivity contribution in [3.63, 3.8) is 0 Å². The molecule has 0 aromatic heterocycles. The molecule has 3 rings (SSSR count). The van der Waals surface area contributed by atoms with Crippen LogP contribution < -0.4 is 5.32 Å². The normalized spacial score (nSPS) is 22.2. The lowest BCUT2D eigenvalue weighted by Gasteiger charge is -2.19. The van der Waals surface area contributed by atoms with Crippen molar-refractivity contribution in [2.24, 2.45) is 11.8 Å². The van der Waals surface area contributed by atoms with Crippen LogP contribution in [0.25, 0.3) is 0 Å². The second-order valence-corrected chi connectivity index (χ2v) is 7.04. The van der Waals surface area contributed by atoms with E-state index in [1.54, 1.807) is 24.3 Å². The Hall–Kier alpha value is -3.21. The molecule has 2 fully saturated rings. The molecule has 1 aromatic rings. The van der Waals surface area contributed by atoms with E-state index in [0.717, 1.165) is 17.7 Å². The predicted octanol–water partition coefficient (Wildman–Crippen LogP) is 1.60. The summed E-state index contributed by atoms with van der Waals surface area (Å²) in [6, 6.07) is 8.40. The summed E-state index contributed by atoms with van der Waals surface area (Å²) >= 11 is 0. The van der Waals surface area contributed by atoms with Crippen molar-refractivity contribution in [2.75, 3.05) is 11.9 Å². The number of benzene rings is 1. The molecule has 1 N–H and O–H groups in total. The van der Waals surface area contributed by atoms with Gasteiger partial charge in [-0.05, 0) is 31.9 Å². The number of rotatable bonds is 5. The summed E-state index contributed by atoms with van der Waals surface area (Å²) in [4.78, 5) is 50.2. The van der Waals surface area contributed by atoms with Crippen molar-refractivity contribution in [1.82, 2.24) is 4.90 Å². The van der Waals surface area contributed by atoms with E-state index in [4.69, 9.17) is 10.00 Å². The van der Waals surface area contributed by atoms with Gasteiger partial charge in [0.05, 0.1) is 23.1 Å². The zero-order chi connectivity index (χ0) is 20.3. The number of hydrogen-bond acceptors (Lipinski definition) is 6. The first-order valence-electron chi connectivity index (χ1n) is 9.27. The van der Waals surface area contributed by atoms with Gasteiger partial charge in [-0.1, -0.05) is 25.0 Å². The van der Waals surface area contributed by atoms with Crippen molar-refractivity contribution in [3.8, 4) is 6.07 Å². The monoisotopic (exact) mass is 383 g/mol. The van der Waals surface area contributed by atoms with E-state index in [1.165, 1.54) is 6.92 Å². The van der Waals surface area contributed by atoms with E-state index in [0.29, 0.717) is 18.5 Å². The Labute approximate surface area is 162 Å². The van der Waals surface area contributed by atoms with E-state index >= 15 is 0 Å². The van der Waals surface area contributed by atoms with Crippen LogP contribution in [0.4, 0.5) is 5.69 Å². The Balaban J connectivity index is 1.57. The molecule has 3 atom stereocenters. The third-order valence-electron chi connectivity index (χ3n) is 5.20. The minimum atomic E-state index is -1.14. The number of carbonyl (C=O) groups is 4. The van der Waals surface area contributed by atoms with Crippen LogP contribution in [-0.4, -0.2) is 41.2 Å². The number of esters is 1. The van der Waals surface area contributed by atoms with Crippen LogP contribution in [-0.2, 0) is 23.9 Å². The van der Waals surface area contributed by atoms with Gasteiger partial charge in [0.2, 0.25) is 11.8 Å². The maximum Gasteiger partial charge on any atom is 0.326 e. The second-order valence-electron chi connectivity index (χ2n) is 7.04. The van der Waals surface area contributed by atoms with Gasteiger partial charge in [0.15, 0.2) is 6.10 Å². The largest absolute Gasteiger partial charge is 0.451 e. The van der Waals surface area contributed by atoms with E-state index in [-0.39, 0.29) is 29.2 Å². The highest BCUT2D eigenvalue weighted by Crippen LogP contribution is 2.37. The van der Waals surface area contributed by atoms with Crippen LogP contribution in [0.3, 0.4) is 0 Å². The minimum Gasteiger partial charge on any atom is -0.451 e. The first-order chi connectivity index (χ1) is 13.4. The van der Waals surface area contributed by atoms with E-state index < -0.39 is 24.5 Å². The maximum absolute atomic E-state index is 12.4. The molecule has 1 aliphatic heterocycles. The Kier molecular flexibility index (Phi) is 5.73. The zero-order valence-electron chi connectivity index (χ0n) is 15.5. The van der Waals surface area contributed by atoms with Gasteiger partial charge < -0.3 is 10.1 Å². The summed E-state index contributed by atoms with van der Waals surface area (Å²) in [5, 5.41) is 11.6. The van der Waals surface area contributed by atoms with Crippen LogP contribution in [0.15, 0.2) is 24.3 Å². The standard InChI is InChI=1S/C20H21N3O5/c1-12(18(25)22-16-9-5-2-6-13(16)10-21)28-17(24)11-23-19(26)14-7-3-4-8-15(14)20(23)27/h2,5-6,9,12,14-15H,3-4,7-8,11H2,1H3,(H,22,25)/t12-,14+,15+/m1/s1. The van der Waals surface area contributed by atoms with Gasteiger partial charge in [-0.3, -0.25) is 24.1 Å². The molecular weight excluding hydrogens is 362 g/mol. The number of amides is 3. The molecule has 0 radical (unpaired) electrons. The molecule has 146 valence electrons. The molecule has 1 heterocycles. The highest BCUT2D eigenvalue weighted by atomic mass is 16.5. The molecule has 0 bridgehead atoms. The molecule has 1 saturated carbocycles. The molecule has 2 aliphatic rings. The van der Waals surface area contributed by atoms with Gasteiger partial charge in [-0.25, -0.2) is 0 Å². The third kappa shape index (κ3) is 3.88. The van der Waals surface area contributed by atoms with E-state index in [2.05, 4.69) is 5.32 Å². The van der Waals surface area contributed by atoms with Gasteiger partial charge in [0, 0.05) is 0 Å². The van der Waals surface area contributed by atoms with Gasteiger partial charge >= 0.3 is 5.97 Å². The Bertz CT molecular complexity index is 836. The quantitative estimate of drug-likeness (QED) is 0.610. The molecule has 0 unspecified atom stereocenters. The smallest absolute Gasteiger partial charge is 0.326 e. The molecular formula is C20H21N3O5. The molecule has 1 aromatic carbocycles. The number of nitrogens with one attached hydrogen (secondary N) is 1. The average molecular weight is 383 g/mol. The van der Waals surface area contributed by atoms with Gasteiger partial charge in [-0.2, -0.15) is 5.26 Å². The van der Waals surface area contributed by atoms with Crippen molar-refractivity contribution in [3.05, 3.63) is 29.8 Å². The highest BCUT2D eigenvalue weighted by Gasteiger charge is 2.48. The molecule has 1 saturated heterocycles. The number of likely N-dealkylation sites (tertiary alicyclic amines) is 1. The number of anilines is 1.